The maximum absolute atomic E-state index is 13.0. The summed E-state index contributed by atoms with van der Waals surface area (Å²) in [4.78, 5) is 24.0. The fraction of sp³-hybridized carbons (Fsp3) is 0.292. The standard InChI is InChI=1S/C24H25FN4O/c1-17-4-8-19(9-5-17)23-26-13-12-22(28-23)29-14-2-3-20(16-29)24(30)27-15-18-6-10-21(25)11-7-18/h4-13,20H,2-3,14-16H2,1H3,(H,27,30). The molecular weight excluding hydrogens is 379 g/mol. The lowest BCUT2D eigenvalue weighted by atomic mass is 9.97. The maximum Gasteiger partial charge on any atom is 0.225 e. The van der Waals surface area contributed by atoms with Crippen molar-refractivity contribution in [2.45, 2.75) is 26.3 Å². The van der Waals surface area contributed by atoms with E-state index in [9.17, 15) is 9.18 Å². The van der Waals surface area contributed by atoms with Gasteiger partial charge >= 0.3 is 0 Å². The zero-order chi connectivity index (χ0) is 20.9. The van der Waals surface area contributed by atoms with Gasteiger partial charge in [-0.25, -0.2) is 14.4 Å². The van der Waals surface area contributed by atoms with Crippen LogP contribution in [-0.2, 0) is 11.3 Å². The predicted octanol–water partition coefficient (Wildman–Crippen LogP) is 4.12. The van der Waals surface area contributed by atoms with Gasteiger partial charge in [0, 0.05) is 31.4 Å². The molecule has 1 amide bonds. The Balaban J connectivity index is 1.41. The Morgan fingerprint density at radius 3 is 2.67 bits per heavy atom. The largest absolute Gasteiger partial charge is 0.356 e. The average Bonchev–Trinajstić information content (AvgIpc) is 2.79. The molecule has 1 unspecified atom stereocenters. The van der Waals surface area contributed by atoms with Crippen LogP contribution in [-0.4, -0.2) is 29.0 Å². The van der Waals surface area contributed by atoms with Crippen molar-refractivity contribution in [3.8, 4) is 11.4 Å². The summed E-state index contributed by atoms with van der Waals surface area (Å²) in [7, 11) is 0. The molecule has 1 saturated heterocycles. The highest BCUT2D eigenvalue weighted by molar-refractivity contribution is 5.79. The summed E-state index contributed by atoms with van der Waals surface area (Å²) in [6, 6.07) is 16.2. The number of aryl methyl sites for hydroxylation is 1. The van der Waals surface area contributed by atoms with Gasteiger partial charge in [-0.15, -0.1) is 0 Å². The van der Waals surface area contributed by atoms with Crippen molar-refractivity contribution in [1.29, 1.82) is 0 Å². The Morgan fingerprint density at radius 2 is 1.90 bits per heavy atom. The van der Waals surface area contributed by atoms with Crippen LogP contribution in [0.15, 0.2) is 60.8 Å². The fourth-order valence-corrected chi connectivity index (χ4v) is 3.70. The molecule has 3 aromatic rings. The van der Waals surface area contributed by atoms with E-state index >= 15 is 0 Å². The zero-order valence-corrected chi connectivity index (χ0v) is 17.0. The second kappa shape index (κ2) is 9.03. The number of piperidine rings is 1. The van der Waals surface area contributed by atoms with Gasteiger partial charge in [-0.3, -0.25) is 4.79 Å². The Hall–Kier alpha value is -3.28. The van der Waals surface area contributed by atoms with Crippen LogP contribution in [0.2, 0.25) is 0 Å². The number of anilines is 1. The molecule has 2 aromatic carbocycles. The normalized spacial score (nSPS) is 16.3. The van der Waals surface area contributed by atoms with Crippen LogP contribution in [0.1, 0.15) is 24.0 Å². The summed E-state index contributed by atoms with van der Waals surface area (Å²) in [5.74, 6) is 1.18. The van der Waals surface area contributed by atoms with E-state index in [1.54, 1.807) is 18.3 Å². The average molecular weight is 404 g/mol. The quantitative estimate of drug-likeness (QED) is 0.695. The van der Waals surface area contributed by atoms with Crippen molar-refractivity contribution in [3.63, 3.8) is 0 Å². The van der Waals surface area contributed by atoms with Gasteiger partial charge < -0.3 is 10.2 Å². The number of hydrogen-bond donors (Lipinski definition) is 1. The fourth-order valence-electron chi connectivity index (χ4n) is 3.70. The van der Waals surface area contributed by atoms with E-state index in [-0.39, 0.29) is 17.6 Å². The molecule has 0 aliphatic carbocycles. The first-order chi connectivity index (χ1) is 14.6. The van der Waals surface area contributed by atoms with Gasteiger partial charge in [0.25, 0.3) is 0 Å². The SMILES string of the molecule is Cc1ccc(-c2nccc(N3CCCC(C(=O)NCc4ccc(F)cc4)C3)n2)cc1. The summed E-state index contributed by atoms with van der Waals surface area (Å²) in [5.41, 5.74) is 3.06. The minimum atomic E-state index is -0.275. The number of rotatable bonds is 5. The van der Waals surface area contributed by atoms with E-state index in [0.717, 1.165) is 36.3 Å². The smallest absolute Gasteiger partial charge is 0.225 e. The van der Waals surface area contributed by atoms with Crippen molar-refractivity contribution in [2.75, 3.05) is 18.0 Å². The summed E-state index contributed by atoms with van der Waals surface area (Å²) in [5, 5.41) is 2.98. The molecule has 4 rings (SSSR count). The Morgan fingerprint density at radius 1 is 1.13 bits per heavy atom. The third kappa shape index (κ3) is 4.82. The summed E-state index contributed by atoms with van der Waals surface area (Å²) in [6.45, 7) is 3.95. The van der Waals surface area contributed by atoms with Crippen LogP contribution in [0.5, 0.6) is 0 Å². The van der Waals surface area contributed by atoms with E-state index in [0.29, 0.717) is 18.9 Å². The van der Waals surface area contributed by atoms with Gasteiger partial charge in [-0.1, -0.05) is 42.0 Å². The van der Waals surface area contributed by atoms with Crippen molar-refractivity contribution >= 4 is 11.7 Å². The van der Waals surface area contributed by atoms with Gasteiger partial charge in [0.15, 0.2) is 5.82 Å². The van der Waals surface area contributed by atoms with Crippen LogP contribution in [0, 0.1) is 18.7 Å². The number of amides is 1. The van der Waals surface area contributed by atoms with Crippen LogP contribution >= 0.6 is 0 Å². The molecule has 30 heavy (non-hydrogen) atoms. The van der Waals surface area contributed by atoms with Crippen LogP contribution in [0.4, 0.5) is 10.2 Å². The molecule has 0 saturated carbocycles. The van der Waals surface area contributed by atoms with Crippen molar-refractivity contribution in [2.24, 2.45) is 5.92 Å². The van der Waals surface area contributed by atoms with Crippen LogP contribution in [0.25, 0.3) is 11.4 Å². The molecule has 1 atom stereocenters. The van der Waals surface area contributed by atoms with Gasteiger partial charge in [-0.05, 0) is 43.5 Å². The van der Waals surface area contributed by atoms with Crippen molar-refractivity contribution in [3.05, 3.63) is 77.7 Å². The number of aromatic nitrogens is 2. The van der Waals surface area contributed by atoms with Crippen molar-refractivity contribution < 1.29 is 9.18 Å². The van der Waals surface area contributed by atoms with Crippen molar-refractivity contribution in [1.82, 2.24) is 15.3 Å². The minimum absolute atomic E-state index is 0.0249. The van der Waals surface area contributed by atoms with Gasteiger partial charge in [0.05, 0.1) is 5.92 Å². The van der Waals surface area contributed by atoms with Crippen LogP contribution < -0.4 is 10.2 Å². The highest BCUT2D eigenvalue weighted by Gasteiger charge is 2.26. The molecule has 1 fully saturated rings. The first-order valence-electron chi connectivity index (χ1n) is 10.3. The van der Waals surface area contributed by atoms with Gasteiger partial charge in [0.2, 0.25) is 5.91 Å². The van der Waals surface area contributed by atoms with Gasteiger partial charge in [0.1, 0.15) is 11.6 Å². The number of nitrogens with zero attached hydrogens (tertiary/aromatic N) is 3. The number of nitrogens with one attached hydrogen (secondary N) is 1. The van der Waals surface area contributed by atoms with E-state index in [1.165, 1.54) is 17.7 Å². The second-order valence-electron chi connectivity index (χ2n) is 7.73. The molecule has 1 aliphatic rings. The Kier molecular flexibility index (Phi) is 6.02. The van der Waals surface area contributed by atoms with E-state index in [2.05, 4.69) is 22.1 Å². The number of carbonyl (C=O) groups excluding carboxylic acids is 1. The maximum atomic E-state index is 13.0. The minimum Gasteiger partial charge on any atom is -0.356 e. The molecule has 0 spiro atoms. The molecule has 6 heteroatoms. The second-order valence-corrected chi connectivity index (χ2v) is 7.73. The Labute approximate surface area is 176 Å². The molecular formula is C24H25FN4O. The molecule has 0 radical (unpaired) electrons. The highest BCUT2D eigenvalue weighted by Crippen LogP contribution is 2.24. The van der Waals surface area contributed by atoms with E-state index in [4.69, 9.17) is 4.98 Å². The molecule has 0 bridgehead atoms. The highest BCUT2D eigenvalue weighted by atomic mass is 19.1. The third-order valence-corrected chi connectivity index (χ3v) is 5.45. The number of carbonyl (C=O) groups is 1. The summed E-state index contributed by atoms with van der Waals surface area (Å²) in [6.07, 6.45) is 3.55. The summed E-state index contributed by atoms with van der Waals surface area (Å²) < 4.78 is 13.0. The Bertz CT molecular complexity index is 1000. The summed E-state index contributed by atoms with van der Waals surface area (Å²) >= 11 is 0. The zero-order valence-electron chi connectivity index (χ0n) is 17.0. The number of benzene rings is 2. The van der Waals surface area contributed by atoms with E-state index in [1.807, 2.05) is 30.3 Å². The lowest BCUT2D eigenvalue weighted by molar-refractivity contribution is -0.125. The monoisotopic (exact) mass is 404 g/mol. The first kappa shape index (κ1) is 20.0. The van der Waals surface area contributed by atoms with Gasteiger partial charge in [-0.2, -0.15) is 0 Å². The third-order valence-electron chi connectivity index (χ3n) is 5.45. The molecule has 1 aromatic heterocycles. The molecule has 154 valence electrons. The number of hydrogen-bond acceptors (Lipinski definition) is 4. The molecule has 5 nitrogen and oxygen atoms in total. The van der Waals surface area contributed by atoms with E-state index < -0.39 is 0 Å². The van der Waals surface area contributed by atoms with Crippen LogP contribution in [0.3, 0.4) is 0 Å². The topological polar surface area (TPSA) is 58.1 Å². The molecule has 2 heterocycles. The number of halogens is 1. The molecule has 1 aliphatic heterocycles. The predicted molar refractivity (Wildman–Crippen MR) is 115 cm³/mol. The first-order valence-corrected chi connectivity index (χ1v) is 10.3. The lowest BCUT2D eigenvalue weighted by Gasteiger charge is -2.33. The molecule has 1 N–H and O–H groups in total. The lowest BCUT2D eigenvalue weighted by Crippen LogP contribution is -2.43.